The third-order valence-corrected chi connectivity index (χ3v) is 9.45. The smallest absolute Gasteiger partial charge is 0.198 e. The molecule has 1 aliphatic heterocycles. The van der Waals surface area contributed by atoms with Crippen molar-refractivity contribution in [3.63, 3.8) is 0 Å². The minimum Gasteiger partial charge on any atom is -0.387 e. The topological polar surface area (TPSA) is 47.9 Å². The number of methoxy groups -OCH3 is 1. The average Bonchev–Trinajstić information content (AvgIpc) is 2.93. The molecular weight excluding hydrogens is 483 g/mol. The lowest BCUT2D eigenvalue weighted by atomic mass is 10.1. The summed E-state index contributed by atoms with van der Waals surface area (Å²) < 4.78 is 18.4. The Balaban J connectivity index is 2.01. The van der Waals surface area contributed by atoms with Crippen LogP contribution in [0, 0.1) is 0 Å². The first kappa shape index (κ1) is 21.9. The molecule has 1 N–H and O–H groups in total. The third kappa shape index (κ3) is 4.52. The van der Waals surface area contributed by atoms with Crippen LogP contribution in [0.2, 0.25) is 0 Å². The van der Waals surface area contributed by atoms with Gasteiger partial charge in [-0.2, -0.15) is 0 Å². The summed E-state index contributed by atoms with van der Waals surface area (Å²) in [6.07, 6.45) is -1.01. The molecule has 28 heavy (non-hydrogen) atoms. The summed E-state index contributed by atoms with van der Waals surface area (Å²) in [7, 11) is 0.0261. The molecule has 2 aromatic rings. The summed E-state index contributed by atoms with van der Waals surface area (Å²) in [5, 5.41) is 13.6. The van der Waals surface area contributed by atoms with Gasteiger partial charge in [-0.3, -0.25) is 0 Å². The summed E-state index contributed by atoms with van der Waals surface area (Å²) >= 11 is 2.27. The highest BCUT2D eigenvalue weighted by molar-refractivity contribution is 14.1. The van der Waals surface area contributed by atoms with Crippen LogP contribution in [0.1, 0.15) is 20.8 Å². The molecule has 6 heteroatoms. The van der Waals surface area contributed by atoms with E-state index < -0.39 is 20.3 Å². The lowest BCUT2D eigenvalue weighted by molar-refractivity contribution is -0.198. The van der Waals surface area contributed by atoms with E-state index in [1.165, 1.54) is 0 Å². The van der Waals surface area contributed by atoms with Gasteiger partial charge in [-0.05, 0) is 20.8 Å². The van der Waals surface area contributed by atoms with Crippen molar-refractivity contribution in [2.45, 2.75) is 47.9 Å². The van der Waals surface area contributed by atoms with E-state index >= 15 is 0 Å². The SMILES string of the molecule is COC1([Si](c2ccccc2)c2ccccc2)O[C@H](COC(C)(C)C)[C@@H](I)[C@H]1O. The molecule has 0 bridgehead atoms. The van der Waals surface area contributed by atoms with Crippen molar-refractivity contribution >= 4 is 41.8 Å². The summed E-state index contributed by atoms with van der Waals surface area (Å²) in [5.41, 5.74) is -1.36. The molecule has 0 spiro atoms. The van der Waals surface area contributed by atoms with E-state index in [1.54, 1.807) is 7.11 Å². The van der Waals surface area contributed by atoms with Gasteiger partial charge in [0.15, 0.2) is 14.2 Å². The zero-order chi connectivity index (χ0) is 20.4. The Morgan fingerprint density at radius 3 is 1.96 bits per heavy atom. The van der Waals surface area contributed by atoms with Crippen LogP contribution in [0.3, 0.4) is 0 Å². The predicted octanol–water partition coefficient (Wildman–Crippen LogP) is 2.56. The van der Waals surface area contributed by atoms with Crippen LogP contribution in [0.15, 0.2) is 60.7 Å². The van der Waals surface area contributed by atoms with Gasteiger partial charge in [0.2, 0.25) is 0 Å². The van der Waals surface area contributed by atoms with Crippen LogP contribution >= 0.6 is 22.6 Å². The molecule has 1 aliphatic rings. The molecule has 1 saturated heterocycles. The van der Waals surface area contributed by atoms with Crippen LogP contribution in [-0.2, 0) is 14.2 Å². The second-order valence-electron chi connectivity index (χ2n) is 7.95. The second-order valence-corrected chi connectivity index (χ2v) is 12.0. The predicted molar refractivity (Wildman–Crippen MR) is 122 cm³/mol. The minimum atomic E-state index is -1.61. The number of aliphatic hydroxyl groups is 1. The van der Waals surface area contributed by atoms with E-state index in [1.807, 2.05) is 57.2 Å². The molecule has 151 valence electrons. The van der Waals surface area contributed by atoms with E-state index in [9.17, 15) is 5.11 Å². The van der Waals surface area contributed by atoms with Crippen LogP contribution in [0.5, 0.6) is 0 Å². The van der Waals surface area contributed by atoms with Crippen molar-refractivity contribution in [3.8, 4) is 0 Å². The average molecular weight is 511 g/mol. The van der Waals surface area contributed by atoms with E-state index in [4.69, 9.17) is 14.2 Å². The molecule has 1 unspecified atom stereocenters. The number of halogens is 1. The van der Waals surface area contributed by atoms with Gasteiger partial charge in [0.1, 0.15) is 6.10 Å². The Kier molecular flexibility index (Phi) is 6.99. The Bertz CT molecular complexity index is 713. The Labute approximate surface area is 183 Å². The molecule has 4 atom stereocenters. The molecular formula is C22H28IO4Si. The fourth-order valence-electron chi connectivity index (χ4n) is 3.49. The number of aliphatic hydroxyl groups excluding tert-OH is 1. The second kappa shape index (κ2) is 8.93. The molecule has 3 rings (SSSR count). The van der Waals surface area contributed by atoms with Gasteiger partial charge in [-0.1, -0.05) is 93.6 Å². The maximum atomic E-state index is 11.3. The number of rotatable bonds is 6. The molecule has 2 aromatic carbocycles. The van der Waals surface area contributed by atoms with Gasteiger partial charge in [0, 0.05) is 7.11 Å². The largest absolute Gasteiger partial charge is 0.387 e. The molecule has 1 radical (unpaired) electrons. The van der Waals surface area contributed by atoms with E-state index in [0.29, 0.717) is 6.61 Å². The van der Waals surface area contributed by atoms with Crippen molar-refractivity contribution in [2.24, 2.45) is 0 Å². The van der Waals surface area contributed by atoms with Crippen LogP contribution in [-0.4, -0.2) is 54.8 Å². The van der Waals surface area contributed by atoms with Crippen LogP contribution in [0.4, 0.5) is 0 Å². The molecule has 1 fully saturated rings. The molecule has 0 amide bonds. The first-order valence-electron chi connectivity index (χ1n) is 9.46. The number of ether oxygens (including phenoxy) is 3. The number of benzene rings is 2. The normalized spacial score (nSPS) is 28.0. The summed E-state index contributed by atoms with van der Waals surface area (Å²) in [6.45, 7) is 6.48. The van der Waals surface area contributed by atoms with Gasteiger partial charge < -0.3 is 19.3 Å². The maximum absolute atomic E-state index is 11.3. The fourth-order valence-corrected chi connectivity index (χ4v) is 7.79. The molecule has 0 aliphatic carbocycles. The van der Waals surface area contributed by atoms with Gasteiger partial charge >= 0.3 is 0 Å². The van der Waals surface area contributed by atoms with Gasteiger partial charge in [-0.15, -0.1) is 0 Å². The molecule has 0 aromatic heterocycles. The lowest BCUT2D eigenvalue weighted by Gasteiger charge is -2.37. The zero-order valence-corrected chi connectivity index (χ0v) is 19.9. The highest BCUT2D eigenvalue weighted by Crippen LogP contribution is 2.38. The summed E-state index contributed by atoms with van der Waals surface area (Å²) in [5.74, 6) is 0. The molecule has 4 nitrogen and oxygen atoms in total. The maximum Gasteiger partial charge on any atom is 0.198 e. The van der Waals surface area contributed by atoms with Crippen molar-refractivity contribution in [2.75, 3.05) is 13.7 Å². The van der Waals surface area contributed by atoms with Crippen molar-refractivity contribution < 1.29 is 19.3 Å². The summed E-state index contributed by atoms with van der Waals surface area (Å²) in [6, 6.07) is 20.5. The Morgan fingerprint density at radius 2 is 1.54 bits per heavy atom. The highest BCUT2D eigenvalue weighted by atomic mass is 127. The van der Waals surface area contributed by atoms with Crippen molar-refractivity contribution in [1.29, 1.82) is 0 Å². The third-order valence-electron chi connectivity index (χ3n) is 4.83. The standard InChI is InChI=1S/C22H28IO4Si/c1-21(2,3)26-15-18-19(23)20(24)22(25-4,27-18)28(16-11-7-5-8-12-16)17-13-9-6-10-14-17/h5-14,18-20,24H,15H2,1-4H3/t18-,19-,20-,22?/m1/s1. The van der Waals surface area contributed by atoms with Crippen LogP contribution < -0.4 is 10.4 Å². The zero-order valence-electron chi connectivity index (χ0n) is 16.8. The number of alkyl halides is 1. The van der Waals surface area contributed by atoms with E-state index in [2.05, 4.69) is 46.9 Å². The van der Waals surface area contributed by atoms with Gasteiger partial charge in [-0.25, -0.2) is 0 Å². The van der Waals surface area contributed by atoms with Crippen LogP contribution in [0.25, 0.3) is 0 Å². The molecule has 1 heterocycles. The monoisotopic (exact) mass is 511 g/mol. The molecule has 0 saturated carbocycles. The Hall–Kier alpha value is -0.773. The minimum absolute atomic E-state index is 0.132. The summed E-state index contributed by atoms with van der Waals surface area (Å²) in [4.78, 5) is 0. The van der Waals surface area contributed by atoms with Gasteiger partial charge in [0.25, 0.3) is 0 Å². The first-order chi connectivity index (χ1) is 13.3. The van der Waals surface area contributed by atoms with E-state index in [-0.39, 0.29) is 15.6 Å². The lowest BCUT2D eigenvalue weighted by Crippen LogP contribution is -2.66. The fraction of sp³-hybridized carbons (Fsp3) is 0.455. The van der Waals surface area contributed by atoms with Gasteiger partial charge in [0.05, 0.1) is 22.2 Å². The number of hydrogen-bond donors (Lipinski definition) is 1. The quantitative estimate of drug-likeness (QED) is 0.368. The highest BCUT2D eigenvalue weighted by Gasteiger charge is 2.60. The van der Waals surface area contributed by atoms with Crippen molar-refractivity contribution in [3.05, 3.63) is 60.7 Å². The first-order valence-corrected chi connectivity index (χ1v) is 12.2. The van der Waals surface area contributed by atoms with E-state index in [0.717, 1.165) is 10.4 Å². The van der Waals surface area contributed by atoms with Crippen molar-refractivity contribution in [1.82, 2.24) is 0 Å². The number of hydrogen-bond acceptors (Lipinski definition) is 4. The Morgan fingerprint density at radius 1 is 1.04 bits per heavy atom.